The summed E-state index contributed by atoms with van der Waals surface area (Å²) in [7, 11) is 0. The van der Waals surface area contributed by atoms with Crippen LogP contribution in [0.25, 0.3) is 10.8 Å². The third-order valence-corrected chi connectivity index (χ3v) is 6.43. The van der Waals surface area contributed by atoms with E-state index in [0.717, 1.165) is 4.47 Å². The van der Waals surface area contributed by atoms with Crippen LogP contribution >= 0.6 is 47.8 Å². The molecule has 0 aromatic heterocycles. The van der Waals surface area contributed by atoms with E-state index in [1.807, 2.05) is 0 Å². The summed E-state index contributed by atoms with van der Waals surface area (Å²) in [6.45, 7) is 2.12. The Balaban J connectivity index is 2.21. The first-order valence-corrected chi connectivity index (χ1v) is 9.16. The minimum Gasteiger partial charge on any atom is -0.0786 e. The topological polar surface area (TPSA) is 0 Å². The number of hydrogen-bond acceptors (Lipinski definition) is 0. The molecule has 0 spiro atoms. The van der Waals surface area contributed by atoms with Crippen LogP contribution in [0.15, 0.2) is 63.5 Å². The lowest BCUT2D eigenvalue weighted by Gasteiger charge is -2.17. The van der Waals surface area contributed by atoms with Gasteiger partial charge in [0.05, 0.1) is 4.83 Å². The molecular weight excluding hydrogens is 456 g/mol. The third-order valence-electron chi connectivity index (χ3n) is 3.67. The first-order chi connectivity index (χ1) is 10.1. The van der Waals surface area contributed by atoms with E-state index in [1.165, 1.54) is 31.9 Å². The predicted molar refractivity (Wildman–Crippen MR) is 101 cm³/mol. The van der Waals surface area contributed by atoms with Crippen molar-refractivity contribution in [3.8, 4) is 0 Å². The molecule has 0 aliphatic carbocycles. The highest BCUT2D eigenvalue weighted by atomic mass is 79.9. The van der Waals surface area contributed by atoms with E-state index in [9.17, 15) is 0 Å². The molecule has 1 unspecified atom stereocenters. The Morgan fingerprint density at radius 2 is 1.48 bits per heavy atom. The van der Waals surface area contributed by atoms with Gasteiger partial charge in [0.2, 0.25) is 0 Å². The number of aryl methyl sites for hydroxylation is 1. The maximum atomic E-state index is 3.88. The molecule has 3 aromatic carbocycles. The van der Waals surface area contributed by atoms with E-state index in [2.05, 4.69) is 109 Å². The molecule has 106 valence electrons. The van der Waals surface area contributed by atoms with Crippen LogP contribution in [0.5, 0.6) is 0 Å². The molecule has 0 N–H and O–H groups in total. The SMILES string of the molecule is Cc1cccc(C(Br)c2ccc(Br)c3ccccc23)c1Br. The minimum atomic E-state index is 0.157. The summed E-state index contributed by atoms with van der Waals surface area (Å²) in [5.41, 5.74) is 3.78. The van der Waals surface area contributed by atoms with Gasteiger partial charge < -0.3 is 0 Å². The zero-order chi connectivity index (χ0) is 15.0. The Morgan fingerprint density at radius 3 is 2.24 bits per heavy atom. The summed E-state index contributed by atoms with van der Waals surface area (Å²) < 4.78 is 2.30. The van der Waals surface area contributed by atoms with E-state index in [1.54, 1.807) is 0 Å². The van der Waals surface area contributed by atoms with Gasteiger partial charge in [0.25, 0.3) is 0 Å². The van der Waals surface area contributed by atoms with Crippen LogP contribution in [0.1, 0.15) is 21.5 Å². The van der Waals surface area contributed by atoms with Crippen molar-refractivity contribution >= 4 is 58.6 Å². The van der Waals surface area contributed by atoms with Crippen LogP contribution in [-0.4, -0.2) is 0 Å². The maximum Gasteiger partial charge on any atom is 0.0661 e. The normalized spacial score (nSPS) is 12.6. The molecule has 3 rings (SSSR count). The van der Waals surface area contributed by atoms with Gasteiger partial charge >= 0.3 is 0 Å². The number of alkyl halides is 1. The van der Waals surface area contributed by atoms with Crippen molar-refractivity contribution in [3.63, 3.8) is 0 Å². The van der Waals surface area contributed by atoms with E-state index < -0.39 is 0 Å². The van der Waals surface area contributed by atoms with Crippen molar-refractivity contribution in [3.05, 3.63) is 80.2 Å². The van der Waals surface area contributed by atoms with Gasteiger partial charge in [-0.15, -0.1) is 0 Å². The first kappa shape index (κ1) is 15.3. The lowest BCUT2D eigenvalue weighted by Crippen LogP contribution is -1.97. The number of hydrogen-bond donors (Lipinski definition) is 0. The molecule has 0 amide bonds. The fourth-order valence-electron chi connectivity index (χ4n) is 2.54. The smallest absolute Gasteiger partial charge is 0.0661 e. The second-order valence-corrected chi connectivity index (χ2v) is 7.59. The van der Waals surface area contributed by atoms with Crippen molar-refractivity contribution < 1.29 is 0 Å². The Labute approximate surface area is 150 Å². The molecule has 3 aromatic rings. The third kappa shape index (κ3) is 2.84. The Hall–Kier alpha value is -0.640. The molecule has 0 heterocycles. The summed E-state index contributed by atoms with van der Waals surface area (Å²) in [5, 5.41) is 2.50. The van der Waals surface area contributed by atoms with Gasteiger partial charge in [-0.3, -0.25) is 0 Å². The van der Waals surface area contributed by atoms with Crippen molar-refractivity contribution in [1.29, 1.82) is 0 Å². The van der Waals surface area contributed by atoms with Crippen molar-refractivity contribution in [2.24, 2.45) is 0 Å². The van der Waals surface area contributed by atoms with Gasteiger partial charge in [-0.2, -0.15) is 0 Å². The van der Waals surface area contributed by atoms with Gasteiger partial charge in [-0.1, -0.05) is 96.3 Å². The molecule has 0 saturated heterocycles. The van der Waals surface area contributed by atoms with Crippen LogP contribution in [0.3, 0.4) is 0 Å². The highest BCUT2D eigenvalue weighted by Gasteiger charge is 2.17. The highest BCUT2D eigenvalue weighted by molar-refractivity contribution is 9.11. The predicted octanol–water partition coefficient (Wildman–Crippen LogP) is 7.16. The fraction of sp³-hybridized carbons (Fsp3) is 0.111. The monoisotopic (exact) mass is 466 g/mol. The molecule has 0 bridgehead atoms. The summed E-state index contributed by atoms with van der Waals surface area (Å²) in [6, 6.07) is 19.2. The number of rotatable bonds is 2. The Bertz CT molecular complexity index is 809. The minimum absolute atomic E-state index is 0.157. The van der Waals surface area contributed by atoms with Crippen LogP contribution in [0, 0.1) is 6.92 Å². The lowest BCUT2D eigenvalue weighted by molar-refractivity contribution is 1.17. The van der Waals surface area contributed by atoms with E-state index in [-0.39, 0.29) is 4.83 Å². The second-order valence-electron chi connectivity index (χ2n) is 5.02. The quantitative estimate of drug-likeness (QED) is 0.350. The highest BCUT2D eigenvalue weighted by Crippen LogP contribution is 2.40. The standard InChI is InChI=1S/C18H13Br3/c1-11-5-4-8-15(17(11)20)18(21)14-9-10-16(19)13-7-3-2-6-12(13)14/h2-10,18H,1H3. The molecule has 3 heteroatoms. The number of benzene rings is 3. The van der Waals surface area contributed by atoms with Gasteiger partial charge in [-0.05, 0) is 40.5 Å². The van der Waals surface area contributed by atoms with E-state index in [4.69, 9.17) is 0 Å². The van der Waals surface area contributed by atoms with Crippen molar-refractivity contribution in [2.75, 3.05) is 0 Å². The average molecular weight is 469 g/mol. The summed E-state index contributed by atoms with van der Waals surface area (Å²) >= 11 is 11.2. The molecule has 1 atom stereocenters. The van der Waals surface area contributed by atoms with Gasteiger partial charge in [0, 0.05) is 8.95 Å². The van der Waals surface area contributed by atoms with Crippen LogP contribution in [0.4, 0.5) is 0 Å². The zero-order valence-electron chi connectivity index (χ0n) is 11.4. The Kier molecular flexibility index (Phi) is 4.53. The lowest BCUT2D eigenvalue weighted by atomic mass is 9.97. The molecular formula is C18H13Br3. The molecule has 0 aliphatic rings. The summed E-state index contributed by atoms with van der Waals surface area (Å²) in [5.74, 6) is 0. The number of halogens is 3. The molecule has 0 saturated carbocycles. The summed E-state index contributed by atoms with van der Waals surface area (Å²) in [6.07, 6.45) is 0. The van der Waals surface area contributed by atoms with Crippen molar-refractivity contribution in [1.82, 2.24) is 0 Å². The zero-order valence-corrected chi connectivity index (χ0v) is 16.2. The van der Waals surface area contributed by atoms with E-state index >= 15 is 0 Å². The second kappa shape index (κ2) is 6.23. The van der Waals surface area contributed by atoms with Crippen LogP contribution < -0.4 is 0 Å². The van der Waals surface area contributed by atoms with Gasteiger partial charge in [-0.25, -0.2) is 0 Å². The summed E-state index contributed by atoms with van der Waals surface area (Å²) in [4.78, 5) is 0.157. The maximum absolute atomic E-state index is 3.88. The number of fused-ring (bicyclic) bond motifs is 1. The molecule has 0 radical (unpaired) electrons. The molecule has 0 fully saturated rings. The molecule has 0 aliphatic heterocycles. The Morgan fingerprint density at radius 1 is 0.762 bits per heavy atom. The van der Waals surface area contributed by atoms with Gasteiger partial charge in [0.1, 0.15) is 0 Å². The first-order valence-electron chi connectivity index (χ1n) is 6.66. The molecule has 21 heavy (non-hydrogen) atoms. The fourth-order valence-corrected chi connectivity index (χ4v) is 4.60. The average Bonchev–Trinajstić information content (AvgIpc) is 2.50. The van der Waals surface area contributed by atoms with Crippen LogP contribution in [-0.2, 0) is 0 Å². The van der Waals surface area contributed by atoms with E-state index in [0.29, 0.717) is 0 Å². The largest absolute Gasteiger partial charge is 0.0786 e. The molecule has 0 nitrogen and oxygen atoms in total. The van der Waals surface area contributed by atoms with Gasteiger partial charge in [0.15, 0.2) is 0 Å². The van der Waals surface area contributed by atoms with Crippen LogP contribution in [0.2, 0.25) is 0 Å². The van der Waals surface area contributed by atoms with Crippen molar-refractivity contribution in [2.45, 2.75) is 11.8 Å².